The van der Waals surface area contributed by atoms with Gasteiger partial charge in [-0.25, -0.2) is 0 Å². The Kier molecular flexibility index (Phi) is 3.24. The van der Waals surface area contributed by atoms with Crippen LogP contribution in [-0.4, -0.2) is 34.1 Å². The van der Waals surface area contributed by atoms with Crippen molar-refractivity contribution in [1.82, 2.24) is 9.88 Å². The Bertz CT molecular complexity index is 547. The first-order valence-electron chi connectivity index (χ1n) is 5.70. The van der Waals surface area contributed by atoms with Crippen molar-refractivity contribution in [3.63, 3.8) is 0 Å². The van der Waals surface area contributed by atoms with E-state index in [-0.39, 0.29) is 18.7 Å². The molecule has 0 spiro atoms. The smallest absolute Gasteiger partial charge is 0.332 e. The standard InChI is InChI=1S/C11H13F3N2O2S/c1-10(2)7(11(12,13)14)3-4-16(10)8(17)6-5-19-9(18)15-6/h5,7H,3-4H2,1-2H3,(H,15,18). The Morgan fingerprint density at radius 1 is 1.53 bits per heavy atom. The van der Waals surface area contributed by atoms with Crippen LogP contribution in [0.4, 0.5) is 13.2 Å². The summed E-state index contributed by atoms with van der Waals surface area (Å²) in [5, 5.41) is 1.33. The monoisotopic (exact) mass is 294 g/mol. The molecule has 0 bridgehead atoms. The molecular weight excluding hydrogens is 281 g/mol. The molecule has 0 saturated carbocycles. The molecule has 0 aliphatic carbocycles. The summed E-state index contributed by atoms with van der Waals surface area (Å²) in [4.78, 5) is 26.3. The van der Waals surface area contributed by atoms with E-state index in [4.69, 9.17) is 0 Å². The highest BCUT2D eigenvalue weighted by Gasteiger charge is 2.56. The molecule has 4 nitrogen and oxygen atoms in total. The predicted octanol–water partition coefficient (Wildman–Crippen LogP) is 2.24. The summed E-state index contributed by atoms with van der Waals surface area (Å²) in [6, 6.07) is 0. The summed E-state index contributed by atoms with van der Waals surface area (Å²) >= 11 is 0.817. The maximum Gasteiger partial charge on any atom is 0.394 e. The van der Waals surface area contributed by atoms with E-state index in [1.165, 1.54) is 24.1 Å². The van der Waals surface area contributed by atoms with Crippen molar-refractivity contribution in [2.45, 2.75) is 32.0 Å². The van der Waals surface area contributed by atoms with Crippen LogP contribution in [0.25, 0.3) is 0 Å². The van der Waals surface area contributed by atoms with Crippen molar-refractivity contribution in [3.8, 4) is 0 Å². The third-order valence-electron chi connectivity index (χ3n) is 3.58. The summed E-state index contributed by atoms with van der Waals surface area (Å²) in [7, 11) is 0. The number of aromatic nitrogens is 1. The van der Waals surface area contributed by atoms with Gasteiger partial charge in [-0.3, -0.25) is 9.59 Å². The van der Waals surface area contributed by atoms with Gasteiger partial charge in [0.25, 0.3) is 5.91 Å². The number of H-pyrrole nitrogens is 1. The SMILES string of the molecule is CC1(C)C(C(F)(F)F)CCN1C(=O)c1csc(=O)[nH]1. The molecule has 2 heterocycles. The fraction of sp³-hybridized carbons (Fsp3) is 0.636. The number of alkyl halides is 3. The molecule has 19 heavy (non-hydrogen) atoms. The van der Waals surface area contributed by atoms with Gasteiger partial charge in [0.1, 0.15) is 5.69 Å². The van der Waals surface area contributed by atoms with Crippen LogP contribution in [0.5, 0.6) is 0 Å². The number of amides is 1. The number of halogens is 3. The third kappa shape index (κ3) is 2.41. The topological polar surface area (TPSA) is 53.2 Å². The summed E-state index contributed by atoms with van der Waals surface area (Å²) in [6.45, 7) is 2.84. The van der Waals surface area contributed by atoms with E-state index < -0.39 is 28.4 Å². The van der Waals surface area contributed by atoms with Crippen LogP contribution in [-0.2, 0) is 0 Å². The third-order valence-corrected chi connectivity index (χ3v) is 4.25. The zero-order valence-electron chi connectivity index (χ0n) is 10.4. The molecule has 1 aliphatic heterocycles. The lowest BCUT2D eigenvalue weighted by molar-refractivity contribution is -0.189. The maximum absolute atomic E-state index is 12.9. The molecule has 0 radical (unpaired) electrons. The van der Waals surface area contributed by atoms with Gasteiger partial charge >= 0.3 is 11.0 Å². The molecule has 1 aromatic rings. The highest BCUT2D eigenvalue weighted by Crippen LogP contribution is 2.45. The number of aromatic amines is 1. The van der Waals surface area contributed by atoms with Gasteiger partial charge in [-0.15, -0.1) is 0 Å². The molecule has 1 saturated heterocycles. The summed E-state index contributed by atoms with van der Waals surface area (Å²) in [5.74, 6) is -2.11. The van der Waals surface area contributed by atoms with Gasteiger partial charge in [-0.2, -0.15) is 13.2 Å². The fourth-order valence-electron chi connectivity index (χ4n) is 2.55. The number of rotatable bonds is 1. The van der Waals surface area contributed by atoms with E-state index >= 15 is 0 Å². The van der Waals surface area contributed by atoms with Crippen molar-refractivity contribution in [2.24, 2.45) is 5.92 Å². The minimum absolute atomic E-state index is 0.0356. The summed E-state index contributed by atoms with van der Waals surface area (Å²) in [6.07, 6.45) is -4.45. The molecule has 0 aromatic carbocycles. The zero-order chi connectivity index (χ0) is 14.4. The Morgan fingerprint density at radius 2 is 2.16 bits per heavy atom. The molecule has 1 N–H and O–H groups in total. The number of carbonyl (C=O) groups excluding carboxylic acids is 1. The lowest BCUT2D eigenvalue weighted by Crippen LogP contribution is -2.49. The number of hydrogen-bond donors (Lipinski definition) is 1. The van der Waals surface area contributed by atoms with Crippen LogP contribution in [0.1, 0.15) is 30.8 Å². The van der Waals surface area contributed by atoms with E-state index in [1.54, 1.807) is 0 Å². The van der Waals surface area contributed by atoms with E-state index in [0.717, 1.165) is 11.3 Å². The highest BCUT2D eigenvalue weighted by atomic mass is 32.1. The van der Waals surface area contributed by atoms with E-state index in [2.05, 4.69) is 4.98 Å². The minimum Gasteiger partial charge on any atom is -0.332 e. The molecule has 106 valence electrons. The number of hydrogen-bond acceptors (Lipinski definition) is 3. The van der Waals surface area contributed by atoms with E-state index in [0.29, 0.717) is 0 Å². The maximum atomic E-state index is 12.9. The van der Waals surface area contributed by atoms with Gasteiger partial charge in [0.05, 0.1) is 5.92 Å². The Labute approximate surface area is 111 Å². The Hall–Kier alpha value is -1.31. The molecule has 1 unspecified atom stereocenters. The van der Waals surface area contributed by atoms with Crippen molar-refractivity contribution in [1.29, 1.82) is 0 Å². The van der Waals surface area contributed by atoms with Gasteiger partial charge < -0.3 is 9.88 Å². The number of carbonyl (C=O) groups is 1. The summed E-state index contributed by atoms with van der Waals surface area (Å²) in [5.41, 5.74) is -1.26. The molecule has 1 atom stereocenters. The second-order valence-electron chi connectivity index (χ2n) is 5.06. The van der Waals surface area contributed by atoms with Crippen molar-refractivity contribution in [2.75, 3.05) is 6.54 Å². The van der Waals surface area contributed by atoms with Crippen LogP contribution >= 0.6 is 11.3 Å². The average molecular weight is 294 g/mol. The largest absolute Gasteiger partial charge is 0.394 e. The highest BCUT2D eigenvalue weighted by molar-refractivity contribution is 7.07. The Morgan fingerprint density at radius 3 is 2.58 bits per heavy atom. The predicted molar refractivity (Wildman–Crippen MR) is 64.2 cm³/mol. The number of nitrogens with one attached hydrogen (secondary N) is 1. The molecule has 1 aromatic heterocycles. The number of thiazole rings is 1. The molecular formula is C11H13F3N2O2S. The van der Waals surface area contributed by atoms with Crippen LogP contribution in [0.2, 0.25) is 0 Å². The van der Waals surface area contributed by atoms with E-state index in [9.17, 15) is 22.8 Å². The second-order valence-corrected chi connectivity index (χ2v) is 5.90. The zero-order valence-corrected chi connectivity index (χ0v) is 11.2. The molecule has 1 fully saturated rings. The first-order chi connectivity index (χ1) is 8.64. The molecule has 2 rings (SSSR count). The minimum atomic E-state index is -4.33. The van der Waals surface area contributed by atoms with Gasteiger partial charge in [-0.05, 0) is 20.3 Å². The lowest BCUT2D eigenvalue weighted by atomic mass is 9.88. The van der Waals surface area contributed by atoms with E-state index in [1.807, 2.05) is 0 Å². The van der Waals surface area contributed by atoms with Crippen LogP contribution in [0, 0.1) is 5.92 Å². The van der Waals surface area contributed by atoms with Crippen LogP contribution in [0.3, 0.4) is 0 Å². The number of likely N-dealkylation sites (tertiary alicyclic amines) is 1. The fourth-order valence-corrected chi connectivity index (χ4v) is 3.10. The molecule has 8 heteroatoms. The lowest BCUT2D eigenvalue weighted by Gasteiger charge is -2.36. The van der Waals surface area contributed by atoms with Gasteiger partial charge in [0.2, 0.25) is 0 Å². The van der Waals surface area contributed by atoms with Crippen LogP contribution < -0.4 is 4.87 Å². The summed E-state index contributed by atoms with van der Waals surface area (Å²) < 4.78 is 38.7. The normalized spacial score (nSPS) is 22.8. The average Bonchev–Trinajstić information content (AvgIpc) is 2.79. The second kappa shape index (κ2) is 4.36. The van der Waals surface area contributed by atoms with Gasteiger partial charge in [0, 0.05) is 17.5 Å². The molecule has 1 aliphatic rings. The van der Waals surface area contributed by atoms with Crippen molar-refractivity contribution < 1.29 is 18.0 Å². The molecule has 1 amide bonds. The quantitative estimate of drug-likeness (QED) is 0.863. The number of nitrogens with zero attached hydrogens (tertiary/aromatic N) is 1. The van der Waals surface area contributed by atoms with Gasteiger partial charge in [-0.1, -0.05) is 11.3 Å². The Balaban J connectivity index is 2.28. The first-order valence-corrected chi connectivity index (χ1v) is 6.58. The van der Waals surface area contributed by atoms with Crippen molar-refractivity contribution >= 4 is 17.2 Å². The van der Waals surface area contributed by atoms with Crippen molar-refractivity contribution in [3.05, 3.63) is 20.7 Å². The first kappa shape index (κ1) is 14.1. The van der Waals surface area contributed by atoms with Crippen LogP contribution in [0.15, 0.2) is 10.2 Å². The van der Waals surface area contributed by atoms with Gasteiger partial charge in [0.15, 0.2) is 0 Å².